The maximum absolute atomic E-state index is 10.7. The summed E-state index contributed by atoms with van der Waals surface area (Å²) in [6.45, 7) is 2.15. The van der Waals surface area contributed by atoms with Gasteiger partial charge in [0, 0.05) is 19.4 Å². The second-order valence-corrected chi connectivity index (χ2v) is 2.95. The van der Waals surface area contributed by atoms with Crippen LogP contribution in [0.2, 0.25) is 0 Å². The van der Waals surface area contributed by atoms with Gasteiger partial charge in [0.25, 0.3) is 0 Å². The molecule has 1 aliphatic rings. The van der Waals surface area contributed by atoms with Crippen LogP contribution in [0.3, 0.4) is 0 Å². The first-order valence-corrected chi connectivity index (χ1v) is 4.07. The molecule has 0 aromatic rings. The lowest BCUT2D eigenvalue weighted by Gasteiger charge is -2.26. The van der Waals surface area contributed by atoms with Gasteiger partial charge in [0.15, 0.2) is 0 Å². The second kappa shape index (κ2) is 4.13. The van der Waals surface area contributed by atoms with Gasteiger partial charge in [0.1, 0.15) is 6.10 Å². The van der Waals surface area contributed by atoms with E-state index in [4.69, 9.17) is 11.2 Å². The first kappa shape index (κ1) is 9.08. The second-order valence-electron chi connectivity index (χ2n) is 2.95. The van der Waals surface area contributed by atoms with Crippen LogP contribution in [0.25, 0.3) is 0 Å². The highest BCUT2D eigenvalue weighted by Gasteiger charge is 2.20. The number of carbonyl (C=O) groups is 1. The van der Waals surface area contributed by atoms with Gasteiger partial charge in [0.2, 0.25) is 5.91 Å². The zero-order chi connectivity index (χ0) is 8.97. The molecular weight excluding hydrogens is 154 g/mol. The van der Waals surface area contributed by atoms with Gasteiger partial charge in [-0.05, 0) is 6.42 Å². The Morgan fingerprint density at radius 2 is 2.50 bits per heavy atom. The molecular formula is C9H13NO2. The van der Waals surface area contributed by atoms with Crippen molar-refractivity contribution in [2.24, 2.45) is 0 Å². The largest absolute Gasteiger partial charge is 0.365 e. The van der Waals surface area contributed by atoms with Crippen LogP contribution < -0.4 is 5.32 Å². The maximum Gasteiger partial charge on any atom is 0.217 e. The number of nitrogens with one attached hydrogen (secondary N) is 1. The summed E-state index contributed by atoms with van der Waals surface area (Å²) in [5.74, 6) is 2.53. The first-order chi connectivity index (χ1) is 5.72. The maximum atomic E-state index is 10.7. The molecule has 0 radical (unpaired) electrons. The molecule has 3 nitrogen and oxygen atoms in total. The van der Waals surface area contributed by atoms with E-state index in [1.54, 1.807) is 0 Å². The van der Waals surface area contributed by atoms with Crippen LogP contribution in [-0.4, -0.2) is 24.7 Å². The summed E-state index contributed by atoms with van der Waals surface area (Å²) in [5.41, 5.74) is 0. The van der Waals surface area contributed by atoms with Crippen LogP contribution in [0.5, 0.6) is 0 Å². The van der Waals surface area contributed by atoms with Crippen LogP contribution in [0.15, 0.2) is 0 Å². The minimum Gasteiger partial charge on any atom is -0.365 e. The van der Waals surface area contributed by atoms with E-state index < -0.39 is 0 Å². The average molecular weight is 167 g/mol. The van der Waals surface area contributed by atoms with Gasteiger partial charge < -0.3 is 10.1 Å². The molecule has 0 aromatic heterocycles. The smallest absolute Gasteiger partial charge is 0.217 e. The predicted octanol–water partition coefficient (Wildman–Crippen LogP) is 0.303. The topological polar surface area (TPSA) is 38.3 Å². The molecule has 1 fully saturated rings. The minimum absolute atomic E-state index is 0.00216. The average Bonchev–Trinajstić information content (AvgIpc) is 2.03. The zero-order valence-electron chi connectivity index (χ0n) is 7.17. The van der Waals surface area contributed by atoms with Crippen molar-refractivity contribution >= 4 is 5.91 Å². The first-order valence-electron chi connectivity index (χ1n) is 4.07. The third-order valence-electron chi connectivity index (χ3n) is 1.88. The third kappa shape index (κ3) is 2.55. The fourth-order valence-electron chi connectivity index (χ4n) is 1.33. The Morgan fingerprint density at radius 3 is 3.08 bits per heavy atom. The molecule has 1 rings (SSSR count). The lowest BCUT2D eigenvalue weighted by molar-refractivity contribution is -0.120. The lowest BCUT2D eigenvalue weighted by Crippen LogP contribution is -2.40. The summed E-state index contributed by atoms with van der Waals surface area (Å²) >= 11 is 0. The Balaban J connectivity index is 2.36. The highest BCUT2D eigenvalue weighted by atomic mass is 16.5. The van der Waals surface area contributed by atoms with Crippen molar-refractivity contribution in [3.8, 4) is 12.3 Å². The number of hydrogen-bond acceptors (Lipinski definition) is 2. The molecule has 0 saturated carbocycles. The molecule has 12 heavy (non-hydrogen) atoms. The summed E-state index contributed by atoms with van der Waals surface area (Å²) < 4.78 is 5.25. The fraction of sp³-hybridized carbons (Fsp3) is 0.667. The van der Waals surface area contributed by atoms with Gasteiger partial charge in [-0.2, -0.15) is 0 Å². The van der Waals surface area contributed by atoms with Crippen molar-refractivity contribution < 1.29 is 9.53 Å². The van der Waals surface area contributed by atoms with Crippen LogP contribution in [0, 0.1) is 12.3 Å². The highest BCUT2D eigenvalue weighted by molar-refractivity contribution is 5.73. The zero-order valence-corrected chi connectivity index (χ0v) is 7.17. The van der Waals surface area contributed by atoms with Gasteiger partial charge in [-0.15, -0.1) is 6.42 Å². The van der Waals surface area contributed by atoms with E-state index in [2.05, 4.69) is 11.2 Å². The standard InChI is InChI=1S/C9H13NO2/c1-3-9-6-8(4-5-12-9)10-7(2)11/h1,8-9H,4-6H2,2H3,(H,10,11). The Kier molecular flexibility index (Phi) is 3.12. The summed E-state index contributed by atoms with van der Waals surface area (Å²) in [6, 6.07) is 0.192. The van der Waals surface area contributed by atoms with Gasteiger partial charge >= 0.3 is 0 Å². The number of hydrogen-bond donors (Lipinski definition) is 1. The van der Waals surface area contributed by atoms with Gasteiger partial charge in [-0.1, -0.05) is 5.92 Å². The third-order valence-corrected chi connectivity index (χ3v) is 1.88. The summed E-state index contributed by atoms with van der Waals surface area (Å²) in [4.78, 5) is 10.7. The van der Waals surface area contributed by atoms with E-state index >= 15 is 0 Å². The Morgan fingerprint density at radius 1 is 1.75 bits per heavy atom. The van der Waals surface area contributed by atoms with Crippen molar-refractivity contribution in [1.82, 2.24) is 5.32 Å². The van der Waals surface area contributed by atoms with Crippen LogP contribution in [0.1, 0.15) is 19.8 Å². The summed E-state index contributed by atoms with van der Waals surface area (Å²) in [7, 11) is 0. The SMILES string of the molecule is C#CC1CC(NC(C)=O)CCO1. The van der Waals surface area contributed by atoms with Gasteiger partial charge in [0.05, 0.1) is 6.61 Å². The normalized spacial score (nSPS) is 29.0. The molecule has 2 unspecified atom stereocenters. The molecule has 0 spiro atoms. The molecule has 1 saturated heterocycles. The van der Waals surface area contributed by atoms with E-state index in [1.165, 1.54) is 6.92 Å². The minimum atomic E-state index is -0.129. The number of carbonyl (C=O) groups excluding carboxylic acids is 1. The molecule has 66 valence electrons. The van der Waals surface area contributed by atoms with E-state index in [0.717, 1.165) is 12.8 Å². The molecule has 1 heterocycles. The number of ether oxygens (including phenoxy) is 1. The Bertz CT molecular complexity index is 207. The monoisotopic (exact) mass is 167 g/mol. The quantitative estimate of drug-likeness (QED) is 0.570. The van der Waals surface area contributed by atoms with E-state index in [1.807, 2.05) is 0 Å². The number of terminal acetylenes is 1. The molecule has 2 atom stereocenters. The van der Waals surface area contributed by atoms with Gasteiger partial charge in [-0.25, -0.2) is 0 Å². The number of rotatable bonds is 1. The molecule has 0 bridgehead atoms. The molecule has 1 aliphatic heterocycles. The van der Waals surface area contributed by atoms with Crippen molar-refractivity contribution in [2.45, 2.75) is 31.9 Å². The van der Waals surface area contributed by atoms with Crippen molar-refractivity contribution in [2.75, 3.05) is 6.61 Å². The summed E-state index contributed by atoms with van der Waals surface area (Å²) in [5, 5.41) is 2.83. The molecule has 1 amide bonds. The van der Waals surface area contributed by atoms with E-state index in [9.17, 15) is 4.79 Å². The van der Waals surface area contributed by atoms with Crippen molar-refractivity contribution in [1.29, 1.82) is 0 Å². The highest BCUT2D eigenvalue weighted by Crippen LogP contribution is 2.12. The molecule has 0 aliphatic carbocycles. The van der Waals surface area contributed by atoms with Crippen LogP contribution in [0.4, 0.5) is 0 Å². The van der Waals surface area contributed by atoms with E-state index in [-0.39, 0.29) is 18.1 Å². The number of amides is 1. The van der Waals surface area contributed by atoms with E-state index in [0.29, 0.717) is 6.61 Å². The van der Waals surface area contributed by atoms with Gasteiger partial charge in [-0.3, -0.25) is 4.79 Å². The fourth-order valence-corrected chi connectivity index (χ4v) is 1.33. The van der Waals surface area contributed by atoms with Crippen molar-refractivity contribution in [3.63, 3.8) is 0 Å². The van der Waals surface area contributed by atoms with Crippen LogP contribution >= 0.6 is 0 Å². The molecule has 0 aromatic carbocycles. The lowest BCUT2D eigenvalue weighted by atomic mass is 10.0. The van der Waals surface area contributed by atoms with Crippen molar-refractivity contribution in [3.05, 3.63) is 0 Å². The van der Waals surface area contributed by atoms with Crippen LogP contribution in [-0.2, 0) is 9.53 Å². The summed E-state index contributed by atoms with van der Waals surface area (Å²) in [6.07, 6.45) is 6.67. The molecule has 3 heteroatoms. The Labute approximate surface area is 72.5 Å². The molecule has 1 N–H and O–H groups in total. The predicted molar refractivity (Wildman–Crippen MR) is 45.4 cm³/mol. The Hall–Kier alpha value is -1.01.